The number of hydrogen-bond donors (Lipinski definition) is 1. The van der Waals surface area contributed by atoms with Gasteiger partial charge in [-0.15, -0.1) is 0 Å². The number of nitrogens with one attached hydrogen (secondary N) is 1. The fourth-order valence-corrected chi connectivity index (χ4v) is 2.57. The molecule has 5 heteroatoms. The summed E-state index contributed by atoms with van der Waals surface area (Å²) in [5, 5.41) is 3.30. The molecule has 20 heavy (non-hydrogen) atoms. The lowest BCUT2D eigenvalue weighted by Gasteiger charge is -2.29. The number of likely N-dealkylation sites (tertiary alicyclic amines) is 1. The Morgan fingerprint density at radius 2 is 2.15 bits per heavy atom. The summed E-state index contributed by atoms with van der Waals surface area (Å²) >= 11 is 0. The Labute approximate surface area is 121 Å². The van der Waals surface area contributed by atoms with Crippen LogP contribution in [0.2, 0.25) is 0 Å². The van der Waals surface area contributed by atoms with E-state index < -0.39 is 0 Å². The highest BCUT2D eigenvalue weighted by Gasteiger charge is 2.13. The van der Waals surface area contributed by atoms with Crippen molar-refractivity contribution in [2.45, 2.75) is 33.1 Å². The second-order valence-electron chi connectivity index (χ2n) is 5.50. The molecule has 1 aliphatic heterocycles. The van der Waals surface area contributed by atoms with E-state index in [4.69, 9.17) is 4.74 Å². The molecular formula is C15H26N4O. The number of piperidine rings is 1. The van der Waals surface area contributed by atoms with Crippen molar-refractivity contribution in [3.63, 3.8) is 0 Å². The van der Waals surface area contributed by atoms with Gasteiger partial charge in [0.2, 0.25) is 11.8 Å². The minimum Gasteiger partial charge on any atom is -0.478 e. The van der Waals surface area contributed by atoms with E-state index in [1.54, 1.807) is 12.3 Å². The van der Waals surface area contributed by atoms with Crippen LogP contribution in [0, 0.1) is 5.92 Å². The molecule has 0 amide bonds. The smallest absolute Gasteiger partial charge is 0.225 e. The number of hydrogen-bond acceptors (Lipinski definition) is 5. The third kappa shape index (κ3) is 4.96. The van der Waals surface area contributed by atoms with E-state index in [0.29, 0.717) is 24.4 Å². The fraction of sp³-hybridized carbons (Fsp3) is 0.733. The Kier molecular flexibility index (Phi) is 6.05. The predicted octanol–water partition coefficient (Wildman–Crippen LogP) is 2.41. The van der Waals surface area contributed by atoms with Gasteiger partial charge in [0.25, 0.3) is 0 Å². The molecule has 2 heterocycles. The van der Waals surface area contributed by atoms with Crippen LogP contribution in [-0.2, 0) is 0 Å². The minimum absolute atomic E-state index is 0.590. The van der Waals surface area contributed by atoms with Gasteiger partial charge in [-0.1, -0.05) is 13.3 Å². The molecule has 2 rings (SSSR count). The molecule has 1 atom stereocenters. The third-order valence-electron chi connectivity index (χ3n) is 3.55. The first kappa shape index (κ1) is 15.0. The lowest BCUT2D eigenvalue weighted by Crippen LogP contribution is -2.35. The second-order valence-corrected chi connectivity index (χ2v) is 5.50. The van der Waals surface area contributed by atoms with Crippen LogP contribution in [0.25, 0.3) is 0 Å². The van der Waals surface area contributed by atoms with Gasteiger partial charge in [-0.2, -0.15) is 4.98 Å². The molecule has 0 saturated carbocycles. The molecule has 0 radical (unpaired) electrons. The molecule has 1 N–H and O–H groups in total. The average molecular weight is 278 g/mol. The SMILES string of the molecule is CCOc1ccnc(NCC(C)CN2CCCCC2)n1. The summed E-state index contributed by atoms with van der Waals surface area (Å²) in [4.78, 5) is 11.1. The number of ether oxygens (including phenoxy) is 1. The quantitative estimate of drug-likeness (QED) is 0.830. The summed E-state index contributed by atoms with van der Waals surface area (Å²) in [5.41, 5.74) is 0. The molecule has 0 spiro atoms. The maximum atomic E-state index is 5.38. The van der Waals surface area contributed by atoms with Gasteiger partial charge in [0.15, 0.2) is 0 Å². The number of rotatable bonds is 7. The van der Waals surface area contributed by atoms with E-state index in [-0.39, 0.29) is 0 Å². The molecule has 1 saturated heterocycles. The topological polar surface area (TPSA) is 50.3 Å². The van der Waals surface area contributed by atoms with Crippen molar-refractivity contribution >= 4 is 5.95 Å². The standard InChI is InChI=1S/C15H26N4O/c1-3-20-14-7-8-16-15(18-14)17-11-13(2)12-19-9-5-4-6-10-19/h7-8,13H,3-6,9-12H2,1-2H3,(H,16,17,18). The molecular weight excluding hydrogens is 252 g/mol. The van der Waals surface area contributed by atoms with Crippen molar-refractivity contribution in [1.82, 2.24) is 14.9 Å². The Morgan fingerprint density at radius 3 is 2.90 bits per heavy atom. The number of aromatic nitrogens is 2. The summed E-state index contributed by atoms with van der Waals surface area (Å²) in [6.45, 7) is 9.40. The van der Waals surface area contributed by atoms with Crippen LogP contribution >= 0.6 is 0 Å². The summed E-state index contributed by atoms with van der Waals surface area (Å²) in [7, 11) is 0. The maximum Gasteiger partial charge on any atom is 0.225 e. The van der Waals surface area contributed by atoms with Gasteiger partial charge in [0.05, 0.1) is 6.61 Å². The highest BCUT2D eigenvalue weighted by Crippen LogP contribution is 2.12. The molecule has 5 nitrogen and oxygen atoms in total. The number of nitrogens with zero attached hydrogens (tertiary/aromatic N) is 3. The van der Waals surface area contributed by atoms with E-state index in [2.05, 4.69) is 27.1 Å². The molecule has 1 fully saturated rings. The zero-order chi connectivity index (χ0) is 14.2. The van der Waals surface area contributed by atoms with Gasteiger partial charge >= 0.3 is 0 Å². The largest absolute Gasteiger partial charge is 0.478 e. The van der Waals surface area contributed by atoms with E-state index in [1.807, 2.05) is 6.92 Å². The van der Waals surface area contributed by atoms with E-state index in [9.17, 15) is 0 Å². The van der Waals surface area contributed by atoms with Crippen molar-refractivity contribution in [2.24, 2.45) is 5.92 Å². The molecule has 0 aromatic carbocycles. The Morgan fingerprint density at radius 1 is 1.35 bits per heavy atom. The van der Waals surface area contributed by atoms with Crippen LogP contribution in [-0.4, -0.2) is 47.7 Å². The minimum atomic E-state index is 0.590. The molecule has 112 valence electrons. The summed E-state index contributed by atoms with van der Waals surface area (Å²) in [6, 6.07) is 1.78. The van der Waals surface area contributed by atoms with Gasteiger partial charge < -0.3 is 15.0 Å². The average Bonchev–Trinajstić information content (AvgIpc) is 2.47. The van der Waals surface area contributed by atoms with Crippen LogP contribution in [0.5, 0.6) is 5.88 Å². The molecule has 1 unspecified atom stereocenters. The van der Waals surface area contributed by atoms with E-state index in [0.717, 1.165) is 13.1 Å². The van der Waals surface area contributed by atoms with Crippen LogP contribution in [0.3, 0.4) is 0 Å². The lowest BCUT2D eigenvalue weighted by molar-refractivity contribution is 0.204. The van der Waals surface area contributed by atoms with E-state index >= 15 is 0 Å². The third-order valence-corrected chi connectivity index (χ3v) is 3.55. The predicted molar refractivity (Wildman–Crippen MR) is 81.1 cm³/mol. The van der Waals surface area contributed by atoms with Crippen LogP contribution in [0.1, 0.15) is 33.1 Å². The zero-order valence-corrected chi connectivity index (χ0v) is 12.6. The molecule has 1 aromatic rings. The van der Waals surface area contributed by atoms with Crippen molar-refractivity contribution in [1.29, 1.82) is 0 Å². The molecule has 0 bridgehead atoms. The zero-order valence-electron chi connectivity index (χ0n) is 12.6. The molecule has 1 aliphatic rings. The highest BCUT2D eigenvalue weighted by atomic mass is 16.5. The normalized spacial score (nSPS) is 17.7. The van der Waals surface area contributed by atoms with Gasteiger partial charge in [0, 0.05) is 25.4 Å². The van der Waals surface area contributed by atoms with Crippen LogP contribution < -0.4 is 10.1 Å². The maximum absolute atomic E-state index is 5.38. The first-order valence-electron chi connectivity index (χ1n) is 7.70. The van der Waals surface area contributed by atoms with Gasteiger partial charge in [-0.05, 0) is 38.8 Å². The molecule has 1 aromatic heterocycles. The van der Waals surface area contributed by atoms with Crippen molar-refractivity contribution < 1.29 is 4.74 Å². The Bertz CT molecular complexity index is 393. The summed E-state index contributed by atoms with van der Waals surface area (Å²) < 4.78 is 5.38. The monoisotopic (exact) mass is 278 g/mol. The van der Waals surface area contributed by atoms with Gasteiger partial charge in [0.1, 0.15) is 0 Å². The second kappa shape index (κ2) is 8.04. The van der Waals surface area contributed by atoms with Crippen LogP contribution in [0.15, 0.2) is 12.3 Å². The summed E-state index contributed by atoms with van der Waals surface area (Å²) in [5.74, 6) is 1.88. The molecule has 0 aliphatic carbocycles. The number of anilines is 1. The first-order chi connectivity index (χ1) is 9.78. The highest BCUT2D eigenvalue weighted by molar-refractivity contribution is 5.27. The lowest BCUT2D eigenvalue weighted by atomic mass is 10.1. The first-order valence-corrected chi connectivity index (χ1v) is 7.70. The van der Waals surface area contributed by atoms with Crippen LogP contribution in [0.4, 0.5) is 5.95 Å². The van der Waals surface area contributed by atoms with Crippen molar-refractivity contribution in [3.8, 4) is 5.88 Å². The Balaban J connectivity index is 1.74. The van der Waals surface area contributed by atoms with E-state index in [1.165, 1.54) is 32.4 Å². The Hall–Kier alpha value is -1.36. The van der Waals surface area contributed by atoms with Crippen molar-refractivity contribution in [3.05, 3.63) is 12.3 Å². The fourth-order valence-electron chi connectivity index (χ4n) is 2.57. The van der Waals surface area contributed by atoms with Crippen molar-refractivity contribution in [2.75, 3.05) is 38.1 Å². The summed E-state index contributed by atoms with van der Waals surface area (Å²) in [6.07, 6.45) is 5.82. The van der Waals surface area contributed by atoms with Gasteiger partial charge in [-0.3, -0.25) is 0 Å². The van der Waals surface area contributed by atoms with Gasteiger partial charge in [-0.25, -0.2) is 4.98 Å².